The first-order valence-electron chi connectivity index (χ1n) is 5.26. The van der Waals surface area contributed by atoms with Crippen LogP contribution >= 0.6 is 11.6 Å². The van der Waals surface area contributed by atoms with Crippen LogP contribution in [0.5, 0.6) is 5.75 Å². The van der Waals surface area contributed by atoms with Gasteiger partial charge in [0.25, 0.3) is 0 Å². The summed E-state index contributed by atoms with van der Waals surface area (Å²) < 4.78 is 18.4. The van der Waals surface area contributed by atoms with Gasteiger partial charge in [-0.2, -0.15) is 0 Å². The maximum absolute atomic E-state index is 13.3. The summed E-state index contributed by atoms with van der Waals surface area (Å²) in [5.41, 5.74) is 0.557. The molecule has 0 saturated heterocycles. The Morgan fingerprint density at radius 3 is 2.83 bits per heavy atom. The van der Waals surface area contributed by atoms with Gasteiger partial charge < -0.3 is 9.84 Å². The van der Waals surface area contributed by atoms with E-state index in [4.69, 9.17) is 16.3 Å². The summed E-state index contributed by atoms with van der Waals surface area (Å²) in [6.45, 7) is 0. The highest BCUT2D eigenvalue weighted by Gasteiger charge is 2.20. The van der Waals surface area contributed by atoms with E-state index in [1.54, 1.807) is 18.2 Å². The molecule has 0 bridgehead atoms. The van der Waals surface area contributed by atoms with Crippen molar-refractivity contribution in [3.05, 3.63) is 58.6 Å². The Labute approximate surface area is 109 Å². The third kappa shape index (κ3) is 2.30. The first-order chi connectivity index (χ1) is 8.65. The zero-order chi connectivity index (χ0) is 13.1. The van der Waals surface area contributed by atoms with E-state index in [1.807, 2.05) is 0 Å². The number of pyridine rings is 1. The van der Waals surface area contributed by atoms with Gasteiger partial charge in [0, 0.05) is 11.8 Å². The largest absolute Gasteiger partial charge is 0.495 e. The van der Waals surface area contributed by atoms with E-state index in [1.165, 1.54) is 25.4 Å². The average Bonchev–Trinajstić information content (AvgIpc) is 2.41. The Morgan fingerprint density at radius 2 is 2.11 bits per heavy atom. The topological polar surface area (TPSA) is 42.4 Å². The van der Waals surface area contributed by atoms with Gasteiger partial charge in [-0.1, -0.05) is 23.7 Å². The van der Waals surface area contributed by atoms with Crippen molar-refractivity contribution >= 4 is 11.6 Å². The number of aliphatic hydroxyl groups excluding tert-OH is 1. The molecule has 94 valence electrons. The molecular weight excluding hydrogens is 257 g/mol. The maximum Gasteiger partial charge on any atom is 0.143 e. The van der Waals surface area contributed by atoms with E-state index in [9.17, 15) is 9.50 Å². The van der Waals surface area contributed by atoms with Crippen molar-refractivity contribution in [3.63, 3.8) is 0 Å². The van der Waals surface area contributed by atoms with Crippen LogP contribution in [0.1, 0.15) is 17.4 Å². The molecule has 1 unspecified atom stereocenters. The number of halogens is 2. The molecule has 1 atom stereocenters. The number of nitrogens with zero attached hydrogens (tertiary/aromatic N) is 1. The fourth-order valence-electron chi connectivity index (χ4n) is 1.66. The van der Waals surface area contributed by atoms with Crippen molar-refractivity contribution in [2.45, 2.75) is 6.10 Å². The normalized spacial score (nSPS) is 12.2. The molecule has 2 rings (SSSR count). The molecule has 1 heterocycles. The Bertz CT molecular complexity index is 562. The molecule has 3 nitrogen and oxygen atoms in total. The molecule has 1 aromatic carbocycles. The lowest BCUT2D eigenvalue weighted by atomic mass is 10.1. The standard InChI is InChI=1S/C13H11ClFNO2/c1-18-10-6-3-7-16-12(10)13(17)8-4-2-5-9(15)11(8)14/h2-7,13,17H,1H3. The van der Waals surface area contributed by atoms with E-state index in [0.717, 1.165) is 0 Å². The molecule has 18 heavy (non-hydrogen) atoms. The molecule has 0 spiro atoms. The van der Waals surface area contributed by atoms with E-state index in [2.05, 4.69) is 4.98 Å². The van der Waals surface area contributed by atoms with E-state index >= 15 is 0 Å². The van der Waals surface area contributed by atoms with Crippen molar-refractivity contribution in [2.24, 2.45) is 0 Å². The fraction of sp³-hybridized carbons (Fsp3) is 0.154. The van der Waals surface area contributed by atoms with Crippen molar-refractivity contribution in [2.75, 3.05) is 7.11 Å². The van der Waals surface area contributed by atoms with Gasteiger partial charge in [0.05, 0.1) is 12.1 Å². The monoisotopic (exact) mass is 267 g/mol. The third-order valence-electron chi connectivity index (χ3n) is 2.55. The highest BCUT2D eigenvalue weighted by Crippen LogP contribution is 2.32. The summed E-state index contributed by atoms with van der Waals surface area (Å²) in [7, 11) is 1.47. The van der Waals surface area contributed by atoms with Crippen LogP contribution in [-0.2, 0) is 0 Å². The molecule has 0 aliphatic heterocycles. The molecule has 0 amide bonds. The van der Waals surface area contributed by atoms with E-state index < -0.39 is 11.9 Å². The molecular formula is C13H11ClFNO2. The van der Waals surface area contributed by atoms with Crippen LogP contribution in [0.2, 0.25) is 5.02 Å². The third-order valence-corrected chi connectivity index (χ3v) is 2.95. The van der Waals surface area contributed by atoms with Crippen LogP contribution in [0, 0.1) is 5.82 Å². The summed E-state index contributed by atoms with van der Waals surface area (Å²) in [5.74, 6) is -0.159. The van der Waals surface area contributed by atoms with Crippen LogP contribution < -0.4 is 4.74 Å². The molecule has 0 fully saturated rings. The second-order valence-electron chi connectivity index (χ2n) is 3.64. The molecule has 0 radical (unpaired) electrons. The smallest absolute Gasteiger partial charge is 0.143 e. The Hall–Kier alpha value is -1.65. The molecule has 5 heteroatoms. The summed E-state index contributed by atoms with van der Waals surface area (Å²) in [5, 5.41) is 10.1. The van der Waals surface area contributed by atoms with Crippen molar-refractivity contribution < 1.29 is 14.2 Å². The van der Waals surface area contributed by atoms with Crippen LogP contribution in [0.3, 0.4) is 0 Å². The zero-order valence-electron chi connectivity index (χ0n) is 9.60. The first kappa shape index (κ1) is 12.8. The summed E-state index contributed by atoms with van der Waals surface area (Å²) >= 11 is 5.83. The van der Waals surface area contributed by atoms with Crippen LogP contribution in [0.15, 0.2) is 36.5 Å². The number of hydrogen-bond acceptors (Lipinski definition) is 3. The minimum absolute atomic E-state index is 0.113. The number of ether oxygens (including phenoxy) is 1. The molecule has 0 saturated carbocycles. The lowest BCUT2D eigenvalue weighted by Gasteiger charge is -2.15. The van der Waals surface area contributed by atoms with Crippen LogP contribution in [0.4, 0.5) is 4.39 Å². The van der Waals surface area contributed by atoms with Crippen molar-refractivity contribution in [3.8, 4) is 5.75 Å². The highest BCUT2D eigenvalue weighted by atomic mass is 35.5. The summed E-state index contributed by atoms with van der Waals surface area (Å²) in [6.07, 6.45) is 0.387. The number of aliphatic hydroxyl groups is 1. The Morgan fingerprint density at radius 1 is 1.33 bits per heavy atom. The number of hydrogen-bond donors (Lipinski definition) is 1. The minimum Gasteiger partial charge on any atom is -0.495 e. The zero-order valence-corrected chi connectivity index (χ0v) is 10.4. The molecule has 2 aromatic rings. The number of aromatic nitrogens is 1. The van der Waals surface area contributed by atoms with Gasteiger partial charge in [0.2, 0.25) is 0 Å². The highest BCUT2D eigenvalue weighted by molar-refractivity contribution is 6.31. The number of methoxy groups -OCH3 is 1. The first-order valence-corrected chi connectivity index (χ1v) is 5.64. The number of rotatable bonds is 3. The fourth-order valence-corrected chi connectivity index (χ4v) is 1.89. The quantitative estimate of drug-likeness (QED) is 0.930. The van der Waals surface area contributed by atoms with Gasteiger partial charge in [0.1, 0.15) is 23.4 Å². The summed E-state index contributed by atoms with van der Waals surface area (Å²) in [4.78, 5) is 4.04. The second kappa shape index (κ2) is 5.33. The van der Waals surface area contributed by atoms with Gasteiger partial charge in [-0.15, -0.1) is 0 Å². The molecule has 0 aliphatic rings. The average molecular weight is 268 g/mol. The van der Waals surface area contributed by atoms with Gasteiger partial charge in [-0.3, -0.25) is 4.98 Å². The SMILES string of the molecule is COc1cccnc1C(O)c1cccc(F)c1Cl. The molecule has 1 N–H and O–H groups in total. The van der Waals surface area contributed by atoms with E-state index in [0.29, 0.717) is 11.4 Å². The van der Waals surface area contributed by atoms with Crippen molar-refractivity contribution in [1.29, 1.82) is 0 Å². The Balaban J connectivity index is 2.48. The van der Waals surface area contributed by atoms with Gasteiger partial charge >= 0.3 is 0 Å². The minimum atomic E-state index is -1.13. The maximum atomic E-state index is 13.3. The van der Waals surface area contributed by atoms with Crippen molar-refractivity contribution in [1.82, 2.24) is 4.98 Å². The van der Waals surface area contributed by atoms with Gasteiger partial charge in [-0.05, 0) is 18.2 Å². The van der Waals surface area contributed by atoms with E-state index in [-0.39, 0.29) is 10.6 Å². The Kier molecular flexibility index (Phi) is 3.79. The lowest BCUT2D eigenvalue weighted by molar-refractivity contribution is 0.209. The van der Waals surface area contributed by atoms with Crippen LogP contribution in [0.25, 0.3) is 0 Å². The predicted octanol–water partition coefficient (Wildman–Crippen LogP) is 2.96. The lowest BCUT2D eigenvalue weighted by Crippen LogP contribution is -2.06. The molecule has 1 aromatic heterocycles. The van der Waals surface area contributed by atoms with Gasteiger partial charge in [-0.25, -0.2) is 4.39 Å². The van der Waals surface area contributed by atoms with Gasteiger partial charge in [0.15, 0.2) is 0 Å². The second-order valence-corrected chi connectivity index (χ2v) is 4.01. The molecule has 0 aliphatic carbocycles. The van der Waals surface area contributed by atoms with Crippen LogP contribution in [-0.4, -0.2) is 17.2 Å². The summed E-state index contributed by atoms with van der Waals surface area (Å²) in [6, 6.07) is 7.61. The number of benzene rings is 1. The predicted molar refractivity (Wildman–Crippen MR) is 66.3 cm³/mol.